The van der Waals surface area contributed by atoms with Crippen molar-refractivity contribution in [1.29, 1.82) is 0 Å². The van der Waals surface area contributed by atoms with Crippen molar-refractivity contribution in [2.24, 2.45) is 0 Å². The highest BCUT2D eigenvalue weighted by Gasteiger charge is 2.29. The van der Waals surface area contributed by atoms with E-state index in [1.165, 1.54) is 26.0 Å². The Morgan fingerprint density at radius 3 is 2.41 bits per heavy atom. The van der Waals surface area contributed by atoms with E-state index < -0.39 is 49.4 Å². The molecule has 0 radical (unpaired) electrons. The van der Waals surface area contributed by atoms with Gasteiger partial charge < -0.3 is 10.6 Å². The average molecular weight is 465 g/mol. The smallest absolute Gasteiger partial charge is 0.289 e. The highest BCUT2D eigenvalue weighted by molar-refractivity contribution is 9.09. The van der Waals surface area contributed by atoms with Crippen LogP contribution in [0, 0.1) is 10.1 Å². The van der Waals surface area contributed by atoms with Crippen molar-refractivity contribution < 1.29 is 22.9 Å². The van der Waals surface area contributed by atoms with Crippen molar-refractivity contribution in [1.82, 2.24) is 15.4 Å². The number of nitrogens with zero attached hydrogens (tertiary/aromatic N) is 1. The summed E-state index contributed by atoms with van der Waals surface area (Å²) in [5.74, 6) is -1.14. The molecule has 3 N–H and O–H groups in total. The highest BCUT2D eigenvalue weighted by atomic mass is 79.9. The van der Waals surface area contributed by atoms with Crippen LogP contribution < -0.4 is 15.4 Å². The maximum atomic E-state index is 12.4. The van der Waals surface area contributed by atoms with Gasteiger partial charge in [0, 0.05) is 17.9 Å². The predicted molar refractivity (Wildman–Crippen MR) is 102 cm³/mol. The van der Waals surface area contributed by atoms with Crippen molar-refractivity contribution >= 4 is 43.5 Å². The number of amides is 2. The second kappa shape index (κ2) is 10.3. The molecular formula is C15H21BrN4O6S. The molecule has 1 aromatic carbocycles. The minimum absolute atomic E-state index is 0.405. The molecule has 0 aliphatic rings. The molecule has 1 aromatic rings. The number of nitro benzene ring substituents is 1. The minimum Gasteiger partial charge on any atom is -0.354 e. The number of sulfonamides is 1. The van der Waals surface area contributed by atoms with Crippen molar-refractivity contribution in [3.63, 3.8) is 0 Å². The van der Waals surface area contributed by atoms with Gasteiger partial charge in [-0.15, -0.1) is 0 Å². The molecule has 0 heterocycles. The van der Waals surface area contributed by atoms with E-state index >= 15 is 0 Å². The standard InChI is InChI=1S/C15H21BrN4O6S/c1-10(14(21)17-9-5-8-16)18-15(22)11(2)19-27(25,26)13-7-4-3-6-12(13)20(23)24/h3-4,6-7,10-11,19H,5,8-9H2,1-2H3,(H,17,21)(H,18,22)/t10-,11-/m0/s1. The van der Waals surface area contributed by atoms with Crippen LogP contribution in [-0.4, -0.2) is 49.1 Å². The molecule has 27 heavy (non-hydrogen) atoms. The molecule has 0 fully saturated rings. The van der Waals surface area contributed by atoms with Gasteiger partial charge in [-0.2, -0.15) is 4.72 Å². The molecule has 0 unspecified atom stereocenters. The Bertz CT molecular complexity index is 801. The monoisotopic (exact) mass is 464 g/mol. The van der Waals surface area contributed by atoms with Crippen molar-refractivity contribution in [3.8, 4) is 0 Å². The Hall–Kier alpha value is -2.05. The summed E-state index contributed by atoms with van der Waals surface area (Å²) in [4.78, 5) is 33.6. The summed E-state index contributed by atoms with van der Waals surface area (Å²) in [6, 6.07) is 2.69. The number of carbonyl (C=O) groups excluding carboxylic acids is 2. The molecule has 0 spiro atoms. The van der Waals surface area contributed by atoms with Crippen LogP contribution in [-0.2, 0) is 19.6 Å². The lowest BCUT2D eigenvalue weighted by atomic mass is 10.2. The number of alkyl halides is 1. The normalized spacial score (nSPS) is 13.4. The molecule has 2 atom stereocenters. The molecule has 1 rings (SSSR count). The lowest BCUT2D eigenvalue weighted by Crippen LogP contribution is -2.51. The third kappa shape index (κ3) is 6.88. The van der Waals surface area contributed by atoms with Gasteiger partial charge in [-0.05, 0) is 26.3 Å². The van der Waals surface area contributed by atoms with E-state index in [1.54, 1.807) is 0 Å². The maximum Gasteiger partial charge on any atom is 0.289 e. The summed E-state index contributed by atoms with van der Waals surface area (Å²) in [5, 5.41) is 16.7. The van der Waals surface area contributed by atoms with Gasteiger partial charge in [-0.3, -0.25) is 19.7 Å². The van der Waals surface area contributed by atoms with E-state index in [9.17, 15) is 28.1 Å². The van der Waals surface area contributed by atoms with Crippen LogP contribution >= 0.6 is 15.9 Å². The Morgan fingerprint density at radius 1 is 1.19 bits per heavy atom. The van der Waals surface area contributed by atoms with E-state index in [2.05, 4.69) is 31.3 Å². The Morgan fingerprint density at radius 2 is 1.81 bits per heavy atom. The molecule has 150 valence electrons. The van der Waals surface area contributed by atoms with Crippen LogP contribution in [0.2, 0.25) is 0 Å². The van der Waals surface area contributed by atoms with Crippen LogP contribution in [0.25, 0.3) is 0 Å². The molecule has 2 amide bonds. The molecule has 0 saturated carbocycles. The first kappa shape index (κ1) is 23.0. The number of halogens is 1. The van der Waals surface area contributed by atoms with Gasteiger partial charge >= 0.3 is 0 Å². The summed E-state index contributed by atoms with van der Waals surface area (Å²) >= 11 is 3.23. The number of hydrogen-bond acceptors (Lipinski definition) is 6. The zero-order valence-electron chi connectivity index (χ0n) is 14.8. The number of carbonyl (C=O) groups is 2. The first-order chi connectivity index (χ1) is 12.6. The van der Waals surface area contributed by atoms with Crippen LogP contribution in [0.4, 0.5) is 5.69 Å². The molecule has 12 heteroatoms. The first-order valence-corrected chi connectivity index (χ1v) is 10.6. The summed E-state index contributed by atoms with van der Waals surface area (Å²) in [6.07, 6.45) is 0.721. The highest BCUT2D eigenvalue weighted by Crippen LogP contribution is 2.22. The van der Waals surface area contributed by atoms with E-state index in [1.807, 2.05) is 0 Å². The molecule has 0 aromatic heterocycles. The van der Waals surface area contributed by atoms with E-state index in [0.29, 0.717) is 6.54 Å². The predicted octanol–water partition coefficient (Wildman–Crippen LogP) is 0.668. The van der Waals surface area contributed by atoms with E-state index in [-0.39, 0.29) is 0 Å². The second-order valence-electron chi connectivity index (χ2n) is 5.63. The third-order valence-corrected chi connectivity index (χ3v) is 5.59. The van der Waals surface area contributed by atoms with Crippen molar-refractivity contribution in [3.05, 3.63) is 34.4 Å². The van der Waals surface area contributed by atoms with Gasteiger partial charge in [-0.1, -0.05) is 28.1 Å². The lowest BCUT2D eigenvalue weighted by molar-refractivity contribution is -0.387. The molecular weight excluding hydrogens is 444 g/mol. The Labute approximate surface area is 165 Å². The Balaban J connectivity index is 2.77. The summed E-state index contributed by atoms with van der Waals surface area (Å²) in [5.41, 5.74) is -0.600. The zero-order valence-corrected chi connectivity index (χ0v) is 17.2. The van der Waals surface area contributed by atoms with Crippen molar-refractivity contribution in [2.75, 3.05) is 11.9 Å². The van der Waals surface area contributed by atoms with E-state index in [4.69, 9.17) is 0 Å². The quantitative estimate of drug-likeness (QED) is 0.200. The minimum atomic E-state index is -4.31. The molecule has 10 nitrogen and oxygen atoms in total. The fourth-order valence-electron chi connectivity index (χ4n) is 2.02. The van der Waals surface area contributed by atoms with Gasteiger partial charge in [0.15, 0.2) is 4.90 Å². The number of hydrogen-bond donors (Lipinski definition) is 3. The average Bonchev–Trinajstić information content (AvgIpc) is 2.61. The molecule has 0 aliphatic carbocycles. The topological polar surface area (TPSA) is 148 Å². The fraction of sp³-hybridized carbons (Fsp3) is 0.467. The summed E-state index contributed by atoms with van der Waals surface area (Å²) < 4.78 is 26.9. The van der Waals surface area contributed by atoms with Gasteiger partial charge in [-0.25, -0.2) is 8.42 Å². The summed E-state index contributed by atoms with van der Waals surface area (Å²) in [7, 11) is -4.31. The van der Waals surface area contributed by atoms with Crippen molar-refractivity contribution in [2.45, 2.75) is 37.2 Å². The molecule has 0 aliphatic heterocycles. The van der Waals surface area contributed by atoms with Gasteiger partial charge in [0.05, 0.1) is 11.0 Å². The van der Waals surface area contributed by atoms with Crippen LogP contribution in [0.5, 0.6) is 0 Å². The molecule has 0 saturated heterocycles. The number of rotatable bonds is 10. The van der Waals surface area contributed by atoms with Gasteiger partial charge in [0.2, 0.25) is 21.8 Å². The maximum absolute atomic E-state index is 12.4. The van der Waals surface area contributed by atoms with E-state index in [0.717, 1.165) is 23.9 Å². The molecule has 0 bridgehead atoms. The van der Waals surface area contributed by atoms with Crippen LogP contribution in [0.3, 0.4) is 0 Å². The summed E-state index contributed by atoms with van der Waals surface area (Å²) in [6.45, 7) is 3.17. The number of nitrogens with one attached hydrogen (secondary N) is 3. The Kier molecular flexibility index (Phi) is 8.79. The number of para-hydroxylation sites is 1. The SMILES string of the molecule is C[C@H](NC(=O)[C@H](C)NS(=O)(=O)c1ccccc1[N+](=O)[O-])C(=O)NCCCBr. The largest absolute Gasteiger partial charge is 0.354 e. The van der Waals surface area contributed by atoms with Gasteiger partial charge in [0.25, 0.3) is 5.69 Å². The zero-order chi connectivity index (χ0) is 20.6. The van der Waals surface area contributed by atoms with Gasteiger partial charge in [0.1, 0.15) is 6.04 Å². The van der Waals surface area contributed by atoms with Crippen LogP contribution in [0.1, 0.15) is 20.3 Å². The number of nitro groups is 1. The second-order valence-corrected chi connectivity index (χ2v) is 8.11. The lowest BCUT2D eigenvalue weighted by Gasteiger charge is -2.18. The van der Waals surface area contributed by atoms with Crippen LogP contribution in [0.15, 0.2) is 29.2 Å². The third-order valence-electron chi connectivity index (χ3n) is 3.44. The number of benzene rings is 1. The first-order valence-electron chi connectivity index (χ1n) is 8.00. The fourth-order valence-corrected chi connectivity index (χ4v) is 3.68.